The number of ketones is 1. The van der Waals surface area contributed by atoms with Crippen LogP contribution in [0, 0.1) is 0 Å². The highest BCUT2D eigenvalue weighted by molar-refractivity contribution is 6.31. The van der Waals surface area contributed by atoms with Gasteiger partial charge in [0.15, 0.2) is 5.78 Å². The van der Waals surface area contributed by atoms with Crippen molar-refractivity contribution in [2.75, 3.05) is 25.5 Å². The van der Waals surface area contributed by atoms with E-state index in [4.69, 9.17) is 17.3 Å². The van der Waals surface area contributed by atoms with Gasteiger partial charge in [0.05, 0.1) is 18.8 Å². The zero-order valence-electron chi connectivity index (χ0n) is 14.1. The van der Waals surface area contributed by atoms with Crippen molar-refractivity contribution in [3.63, 3.8) is 0 Å². The molecule has 0 fully saturated rings. The fourth-order valence-electron chi connectivity index (χ4n) is 2.32. The van der Waals surface area contributed by atoms with Gasteiger partial charge in [0.1, 0.15) is 0 Å². The van der Waals surface area contributed by atoms with Crippen LogP contribution in [0.1, 0.15) is 15.9 Å². The van der Waals surface area contributed by atoms with Gasteiger partial charge in [-0.2, -0.15) is 0 Å². The van der Waals surface area contributed by atoms with Gasteiger partial charge in [-0.3, -0.25) is 19.3 Å². The molecule has 0 spiro atoms. The summed E-state index contributed by atoms with van der Waals surface area (Å²) in [6, 6.07) is 13.4. The molecule has 138 valence electrons. The van der Waals surface area contributed by atoms with Crippen LogP contribution in [0.4, 0.5) is 5.69 Å². The summed E-state index contributed by atoms with van der Waals surface area (Å²) < 4.78 is 0. The molecule has 3 N–H and O–H groups in total. The van der Waals surface area contributed by atoms with Crippen LogP contribution in [0.2, 0.25) is 5.02 Å². The first-order valence-corrected chi connectivity index (χ1v) is 7.90. The van der Waals surface area contributed by atoms with Crippen LogP contribution in [-0.4, -0.2) is 42.6 Å². The molecule has 0 aliphatic heterocycles. The number of nitrogens with zero attached hydrogens (tertiary/aromatic N) is 1. The number of halogens is 2. The van der Waals surface area contributed by atoms with Crippen LogP contribution in [-0.2, 0) is 9.59 Å². The van der Waals surface area contributed by atoms with E-state index in [1.54, 1.807) is 43.4 Å². The molecule has 0 heterocycles. The fraction of sp³-hybridized carbons (Fsp3) is 0.167. The molecule has 2 aromatic rings. The van der Waals surface area contributed by atoms with Crippen molar-refractivity contribution in [3.05, 3.63) is 64.7 Å². The summed E-state index contributed by atoms with van der Waals surface area (Å²) in [5.74, 6) is -1.14. The smallest absolute Gasteiger partial charge is 0.238 e. The largest absolute Gasteiger partial charge is 0.369 e. The quantitative estimate of drug-likeness (QED) is 0.703. The molecule has 0 saturated heterocycles. The monoisotopic (exact) mass is 395 g/mol. The highest BCUT2D eigenvalue weighted by Gasteiger charge is 2.17. The Balaban J connectivity index is 0.00000338. The van der Waals surface area contributed by atoms with Gasteiger partial charge in [-0.15, -0.1) is 12.4 Å². The molecule has 0 saturated carbocycles. The molecular weight excluding hydrogens is 377 g/mol. The lowest BCUT2D eigenvalue weighted by molar-refractivity contribution is -0.120. The highest BCUT2D eigenvalue weighted by atomic mass is 35.5. The molecule has 6 nitrogen and oxygen atoms in total. The normalized spacial score (nSPS) is 10.1. The summed E-state index contributed by atoms with van der Waals surface area (Å²) in [6.45, 7) is -0.0750. The van der Waals surface area contributed by atoms with Crippen molar-refractivity contribution in [2.45, 2.75) is 0 Å². The Hall–Kier alpha value is -2.41. The van der Waals surface area contributed by atoms with Gasteiger partial charge in [0, 0.05) is 16.1 Å². The Morgan fingerprint density at radius 2 is 1.73 bits per heavy atom. The van der Waals surface area contributed by atoms with Crippen molar-refractivity contribution in [2.24, 2.45) is 5.73 Å². The first kappa shape index (κ1) is 21.6. The second-order valence-corrected chi connectivity index (χ2v) is 6.01. The standard InChI is InChI=1S/C18H18ClN3O3.ClH/c1-22(10-16(20)23)11-17(24)21-15-8-7-13(19)9-14(15)18(25)12-5-3-2-4-6-12;/h2-9H,10-11H2,1H3,(H2,20,23)(H,21,24);1H. The number of hydrogen-bond donors (Lipinski definition) is 2. The molecule has 2 rings (SSSR count). The predicted molar refractivity (Wildman–Crippen MR) is 104 cm³/mol. The lowest BCUT2D eigenvalue weighted by Gasteiger charge is -2.15. The maximum absolute atomic E-state index is 12.7. The number of primary amides is 1. The van der Waals surface area contributed by atoms with Gasteiger partial charge >= 0.3 is 0 Å². The van der Waals surface area contributed by atoms with Crippen LogP contribution in [0.5, 0.6) is 0 Å². The second-order valence-electron chi connectivity index (χ2n) is 5.57. The summed E-state index contributed by atoms with van der Waals surface area (Å²) >= 11 is 6.00. The van der Waals surface area contributed by atoms with Crippen LogP contribution in [0.25, 0.3) is 0 Å². The number of rotatable bonds is 7. The van der Waals surface area contributed by atoms with Gasteiger partial charge in [0.25, 0.3) is 0 Å². The zero-order valence-corrected chi connectivity index (χ0v) is 15.6. The molecule has 0 aromatic heterocycles. The third-order valence-corrected chi connectivity index (χ3v) is 3.61. The van der Waals surface area contributed by atoms with E-state index in [9.17, 15) is 14.4 Å². The van der Waals surface area contributed by atoms with E-state index < -0.39 is 5.91 Å². The van der Waals surface area contributed by atoms with Crippen molar-refractivity contribution >= 4 is 47.3 Å². The zero-order chi connectivity index (χ0) is 18.4. The maximum Gasteiger partial charge on any atom is 0.238 e. The summed E-state index contributed by atoms with van der Waals surface area (Å²) in [5, 5.41) is 3.07. The Labute approximate surface area is 162 Å². The second kappa shape index (κ2) is 9.91. The number of carbonyl (C=O) groups is 3. The lowest BCUT2D eigenvalue weighted by atomic mass is 10.0. The minimum Gasteiger partial charge on any atom is -0.369 e. The van der Waals surface area contributed by atoms with E-state index in [1.807, 2.05) is 6.07 Å². The summed E-state index contributed by atoms with van der Waals surface area (Å²) in [7, 11) is 1.60. The minimum absolute atomic E-state index is 0. The van der Waals surface area contributed by atoms with Gasteiger partial charge in [0.2, 0.25) is 11.8 Å². The maximum atomic E-state index is 12.7. The van der Waals surface area contributed by atoms with Gasteiger partial charge < -0.3 is 11.1 Å². The number of anilines is 1. The Kier molecular flexibility index (Phi) is 8.25. The van der Waals surface area contributed by atoms with Gasteiger partial charge in [-0.1, -0.05) is 41.9 Å². The minimum atomic E-state index is -0.526. The number of carbonyl (C=O) groups excluding carboxylic acids is 3. The number of nitrogens with one attached hydrogen (secondary N) is 1. The molecule has 0 atom stereocenters. The van der Waals surface area contributed by atoms with Crippen LogP contribution < -0.4 is 11.1 Å². The van der Waals surface area contributed by atoms with Crippen LogP contribution in [0.3, 0.4) is 0 Å². The number of amides is 2. The average Bonchev–Trinajstić information content (AvgIpc) is 2.55. The Bertz CT molecular complexity index is 798. The number of benzene rings is 2. The molecule has 2 amide bonds. The molecule has 2 aromatic carbocycles. The SMILES string of the molecule is CN(CC(N)=O)CC(=O)Nc1ccc(Cl)cc1C(=O)c1ccccc1.Cl. The third-order valence-electron chi connectivity index (χ3n) is 3.38. The summed E-state index contributed by atoms with van der Waals surface area (Å²) in [5.41, 5.74) is 6.24. The number of hydrogen-bond acceptors (Lipinski definition) is 4. The number of likely N-dealkylation sites (N-methyl/N-ethyl adjacent to an activating group) is 1. The van der Waals surface area contributed by atoms with Gasteiger partial charge in [-0.25, -0.2) is 0 Å². The third kappa shape index (κ3) is 6.15. The number of nitrogens with two attached hydrogens (primary N) is 1. The van der Waals surface area contributed by atoms with E-state index in [-0.39, 0.29) is 37.2 Å². The first-order chi connectivity index (χ1) is 11.9. The topological polar surface area (TPSA) is 92.5 Å². The molecule has 0 unspecified atom stereocenters. The molecular formula is C18H19Cl2N3O3. The molecule has 0 bridgehead atoms. The highest BCUT2D eigenvalue weighted by Crippen LogP contribution is 2.23. The van der Waals surface area contributed by atoms with Crippen molar-refractivity contribution in [1.82, 2.24) is 4.90 Å². The van der Waals surface area contributed by atoms with E-state index in [1.165, 1.54) is 11.0 Å². The summed E-state index contributed by atoms with van der Waals surface area (Å²) in [6.07, 6.45) is 0. The first-order valence-electron chi connectivity index (χ1n) is 7.53. The Morgan fingerprint density at radius 1 is 1.08 bits per heavy atom. The van der Waals surface area contributed by atoms with E-state index in [0.717, 1.165) is 0 Å². The van der Waals surface area contributed by atoms with Crippen molar-refractivity contribution < 1.29 is 14.4 Å². The van der Waals surface area contributed by atoms with E-state index in [0.29, 0.717) is 21.8 Å². The molecule has 0 aliphatic carbocycles. The Morgan fingerprint density at radius 3 is 2.35 bits per heavy atom. The van der Waals surface area contributed by atoms with E-state index in [2.05, 4.69) is 5.32 Å². The molecule has 0 radical (unpaired) electrons. The van der Waals surface area contributed by atoms with Gasteiger partial charge in [-0.05, 0) is 25.2 Å². The van der Waals surface area contributed by atoms with Crippen molar-refractivity contribution in [3.8, 4) is 0 Å². The molecule has 0 aliphatic rings. The lowest BCUT2D eigenvalue weighted by Crippen LogP contribution is -2.36. The molecule has 26 heavy (non-hydrogen) atoms. The fourth-order valence-corrected chi connectivity index (χ4v) is 2.49. The van der Waals surface area contributed by atoms with Crippen LogP contribution in [0.15, 0.2) is 48.5 Å². The summed E-state index contributed by atoms with van der Waals surface area (Å²) in [4.78, 5) is 37.2. The molecule has 8 heteroatoms. The van der Waals surface area contributed by atoms with Crippen molar-refractivity contribution in [1.29, 1.82) is 0 Å². The van der Waals surface area contributed by atoms with E-state index >= 15 is 0 Å². The van der Waals surface area contributed by atoms with Crippen LogP contribution >= 0.6 is 24.0 Å². The predicted octanol–water partition coefficient (Wildman–Crippen LogP) is 2.35. The average molecular weight is 396 g/mol.